The topological polar surface area (TPSA) is 88.2 Å². The summed E-state index contributed by atoms with van der Waals surface area (Å²) in [7, 11) is 3.03. The average molecular weight is 441 g/mol. The highest BCUT2D eigenvalue weighted by molar-refractivity contribution is 6.07. The van der Waals surface area contributed by atoms with E-state index < -0.39 is 11.6 Å². The van der Waals surface area contributed by atoms with Crippen LogP contribution in [0.5, 0.6) is 11.5 Å². The summed E-state index contributed by atoms with van der Waals surface area (Å²) in [5.74, 6) is 0.124. The van der Waals surface area contributed by atoms with E-state index in [1.807, 2.05) is 0 Å². The molecule has 0 aromatic heterocycles. The number of nitrogens with zero attached hydrogens (tertiary/aromatic N) is 2. The highest BCUT2D eigenvalue weighted by atomic mass is 19.1. The molecule has 8 nitrogen and oxygen atoms in total. The number of likely N-dealkylation sites (tertiary alicyclic amines) is 1. The Morgan fingerprint density at radius 2 is 1.62 bits per heavy atom. The zero-order valence-corrected chi connectivity index (χ0v) is 17.9. The maximum Gasteiger partial charge on any atom is 0.325 e. The first-order chi connectivity index (χ1) is 15.3. The molecule has 2 aliphatic rings. The van der Waals surface area contributed by atoms with Crippen molar-refractivity contribution in [2.45, 2.75) is 24.9 Å². The molecule has 2 fully saturated rings. The van der Waals surface area contributed by atoms with Gasteiger partial charge in [-0.25, -0.2) is 9.18 Å². The molecule has 9 heteroatoms. The number of carbonyl (C=O) groups is 3. The van der Waals surface area contributed by atoms with Crippen LogP contribution in [-0.2, 0) is 11.3 Å². The lowest BCUT2D eigenvalue weighted by Gasteiger charge is -2.37. The first-order valence-electron chi connectivity index (χ1n) is 10.3. The smallest absolute Gasteiger partial charge is 0.325 e. The maximum atomic E-state index is 13.1. The number of amides is 4. The van der Waals surface area contributed by atoms with Crippen molar-refractivity contribution in [2.24, 2.45) is 0 Å². The normalized spacial score (nSPS) is 17.5. The third kappa shape index (κ3) is 3.98. The molecule has 0 bridgehead atoms. The molecule has 1 N–H and O–H groups in total. The molecule has 0 aliphatic carbocycles. The van der Waals surface area contributed by atoms with E-state index in [0.29, 0.717) is 48.6 Å². The first-order valence-corrected chi connectivity index (χ1v) is 10.3. The Balaban J connectivity index is 1.44. The highest BCUT2D eigenvalue weighted by Crippen LogP contribution is 2.32. The Morgan fingerprint density at radius 3 is 2.19 bits per heavy atom. The van der Waals surface area contributed by atoms with Crippen LogP contribution >= 0.6 is 0 Å². The number of methoxy groups -OCH3 is 2. The van der Waals surface area contributed by atoms with Crippen molar-refractivity contribution in [1.29, 1.82) is 0 Å². The van der Waals surface area contributed by atoms with Gasteiger partial charge in [0.25, 0.3) is 11.8 Å². The van der Waals surface area contributed by atoms with Crippen molar-refractivity contribution in [3.8, 4) is 11.5 Å². The second kappa shape index (κ2) is 8.49. The molecule has 0 atom stereocenters. The standard InChI is InChI=1S/C23H24FN3O5/c1-31-18-11-16(12-19(13-18)32-2)20(28)26-9-7-23(8-10-26)21(29)27(22(30)25-23)14-15-3-5-17(24)6-4-15/h3-6,11-13H,7-10,14H2,1-2H3,(H,25,30). The lowest BCUT2D eigenvalue weighted by Crippen LogP contribution is -2.55. The largest absolute Gasteiger partial charge is 0.497 e. The number of ether oxygens (including phenoxy) is 2. The predicted molar refractivity (Wildman–Crippen MR) is 113 cm³/mol. The van der Waals surface area contributed by atoms with Gasteiger partial charge in [-0.1, -0.05) is 12.1 Å². The van der Waals surface area contributed by atoms with Gasteiger partial charge in [-0.05, 0) is 42.7 Å². The summed E-state index contributed by atoms with van der Waals surface area (Å²) in [5.41, 5.74) is 0.0587. The van der Waals surface area contributed by atoms with Gasteiger partial charge in [0.05, 0.1) is 20.8 Å². The monoisotopic (exact) mass is 441 g/mol. The number of piperidine rings is 1. The van der Waals surface area contributed by atoms with Crippen LogP contribution < -0.4 is 14.8 Å². The van der Waals surface area contributed by atoms with E-state index in [1.165, 1.54) is 26.4 Å². The fourth-order valence-electron chi connectivity index (χ4n) is 4.14. The van der Waals surface area contributed by atoms with E-state index >= 15 is 0 Å². The molecule has 168 valence electrons. The van der Waals surface area contributed by atoms with Gasteiger partial charge < -0.3 is 19.7 Å². The van der Waals surface area contributed by atoms with E-state index in [1.54, 1.807) is 35.2 Å². The summed E-state index contributed by atoms with van der Waals surface area (Å²) in [6.07, 6.45) is 0.620. The molecule has 2 heterocycles. The van der Waals surface area contributed by atoms with Gasteiger partial charge in [-0.3, -0.25) is 14.5 Å². The molecular formula is C23H24FN3O5. The SMILES string of the molecule is COc1cc(OC)cc(C(=O)N2CCC3(CC2)NC(=O)N(Cc2ccc(F)cc2)C3=O)c1. The lowest BCUT2D eigenvalue weighted by atomic mass is 9.87. The zero-order valence-electron chi connectivity index (χ0n) is 17.9. The third-order valence-electron chi connectivity index (χ3n) is 6.00. The number of hydrogen-bond acceptors (Lipinski definition) is 5. The molecule has 0 unspecified atom stereocenters. The van der Waals surface area contributed by atoms with Crippen LogP contribution in [0.1, 0.15) is 28.8 Å². The Labute approximate surface area is 184 Å². The van der Waals surface area contributed by atoms with Crippen molar-refractivity contribution < 1.29 is 28.2 Å². The number of hydrogen-bond donors (Lipinski definition) is 1. The molecule has 0 saturated carbocycles. The average Bonchev–Trinajstić information content (AvgIpc) is 3.04. The van der Waals surface area contributed by atoms with Gasteiger partial charge >= 0.3 is 6.03 Å². The second-order valence-electron chi connectivity index (χ2n) is 7.92. The molecule has 1 spiro atoms. The van der Waals surface area contributed by atoms with Crippen LogP contribution in [-0.4, -0.2) is 60.5 Å². The molecule has 2 saturated heterocycles. The van der Waals surface area contributed by atoms with Crippen LogP contribution in [0.25, 0.3) is 0 Å². The van der Waals surface area contributed by atoms with Crippen LogP contribution in [0, 0.1) is 5.82 Å². The van der Waals surface area contributed by atoms with Crippen molar-refractivity contribution in [2.75, 3.05) is 27.3 Å². The van der Waals surface area contributed by atoms with E-state index in [-0.39, 0.29) is 24.2 Å². The number of imide groups is 1. The fourth-order valence-corrected chi connectivity index (χ4v) is 4.14. The Morgan fingerprint density at radius 1 is 1.03 bits per heavy atom. The summed E-state index contributed by atoms with van der Waals surface area (Å²) >= 11 is 0. The van der Waals surface area contributed by atoms with Crippen LogP contribution in [0.4, 0.5) is 9.18 Å². The van der Waals surface area contributed by atoms with Gasteiger partial charge in [-0.15, -0.1) is 0 Å². The van der Waals surface area contributed by atoms with E-state index in [4.69, 9.17) is 9.47 Å². The van der Waals surface area contributed by atoms with Crippen molar-refractivity contribution in [3.05, 3.63) is 59.4 Å². The summed E-state index contributed by atoms with van der Waals surface area (Å²) in [4.78, 5) is 41.5. The highest BCUT2D eigenvalue weighted by Gasteiger charge is 2.52. The molecule has 32 heavy (non-hydrogen) atoms. The fraction of sp³-hybridized carbons (Fsp3) is 0.348. The Hall–Kier alpha value is -3.62. The van der Waals surface area contributed by atoms with Gasteiger partial charge in [0.1, 0.15) is 22.9 Å². The van der Waals surface area contributed by atoms with Gasteiger partial charge in [-0.2, -0.15) is 0 Å². The zero-order chi connectivity index (χ0) is 22.9. The van der Waals surface area contributed by atoms with E-state index in [0.717, 1.165) is 4.90 Å². The predicted octanol–water partition coefficient (Wildman–Crippen LogP) is 2.57. The van der Waals surface area contributed by atoms with Crippen LogP contribution in [0.15, 0.2) is 42.5 Å². The summed E-state index contributed by atoms with van der Waals surface area (Å²) in [5, 5.41) is 2.82. The van der Waals surface area contributed by atoms with Crippen molar-refractivity contribution in [1.82, 2.24) is 15.1 Å². The minimum atomic E-state index is -1.03. The van der Waals surface area contributed by atoms with Gasteiger partial charge in [0.15, 0.2) is 0 Å². The van der Waals surface area contributed by atoms with Crippen LogP contribution in [0.2, 0.25) is 0 Å². The maximum absolute atomic E-state index is 13.1. The van der Waals surface area contributed by atoms with Crippen LogP contribution in [0.3, 0.4) is 0 Å². The van der Waals surface area contributed by atoms with Gasteiger partial charge in [0, 0.05) is 24.7 Å². The lowest BCUT2D eigenvalue weighted by molar-refractivity contribution is -0.133. The quantitative estimate of drug-likeness (QED) is 0.721. The number of halogens is 1. The Bertz CT molecular complexity index is 1030. The van der Waals surface area contributed by atoms with Crippen molar-refractivity contribution in [3.63, 3.8) is 0 Å². The molecule has 4 rings (SSSR count). The van der Waals surface area contributed by atoms with Crippen molar-refractivity contribution >= 4 is 17.8 Å². The van der Waals surface area contributed by atoms with E-state index in [9.17, 15) is 18.8 Å². The number of benzene rings is 2. The molecule has 2 aliphatic heterocycles. The number of carbonyl (C=O) groups excluding carboxylic acids is 3. The number of rotatable bonds is 5. The Kier molecular flexibility index (Phi) is 5.73. The second-order valence-corrected chi connectivity index (χ2v) is 7.92. The summed E-state index contributed by atoms with van der Waals surface area (Å²) in [6, 6.07) is 10.2. The molecular weight excluding hydrogens is 417 g/mol. The summed E-state index contributed by atoms with van der Waals surface area (Å²) < 4.78 is 23.6. The molecule has 2 aromatic rings. The molecule has 4 amide bonds. The van der Waals surface area contributed by atoms with E-state index in [2.05, 4.69) is 5.32 Å². The molecule has 2 aromatic carbocycles. The number of nitrogens with one attached hydrogen (secondary N) is 1. The number of urea groups is 1. The summed E-state index contributed by atoms with van der Waals surface area (Å²) in [6.45, 7) is 0.697. The van der Waals surface area contributed by atoms with Gasteiger partial charge in [0.2, 0.25) is 0 Å². The molecule has 0 radical (unpaired) electrons. The third-order valence-corrected chi connectivity index (χ3v) is 6.00. The first kappa shape index (κ1) is 21.6. The minimum absolute atomic E-state index is 0.0684. The minimum Gasteiger partial charge on any atom is -0.497 e.